The monoisotopic (exact) mass is 336 g/mol. The molecule has 0 aromatic carbocycles. The number of amides is 1. The van der Waals surface area contributed by atoms with Gasteiger partial charge in [-0.25, -0.2) is 0 Å². The fourth-order valence-corrected chi connectivity index (χ4v) is 3.55. The van der Waals surface area contributed by atoms with E-state index in [2.05, 4.69) is 40.1 Å². The zero-order chi connectivity index (χ0) is 16.5. The van der Waals surface area contributed by atoms with E-state index in [-0.39, 0.29) is 5.91 Å². The molecule has 1 aromatic rings. The third kappa shape index (κ3) is 6.22. The second-order valence-corrected chi connectivity index (χ2v) is 7.12. The van der Waals surface area contributed by atoms with Crippen LogP contribution < -0.4 is 10.6 Å². The molecule has 23 heavy (non-hydrogen) atoms. The van der Waals surface area contributed by atoms with Crippen molar-refractivity contribution in [2.24, 2.45) is 10.9 Å². The van der Waals surface area contributed by atoms with E-state index in [0.717, 1.165) is 38.4 Å². The molecule has 0 bridgehead atoms. The maximum atomic E-state index is 12.2. The zero-order valence-corrected chi connectivity index (χ0v) is 15.0. The van der Waals surface area contributed by atoms with Crippen LogP contribution in [0, 0.1) is 5.92 Å². The standard InChI is InChI=1S/C17H28N4OS/c1-14-5-3-11-21(13-14)16(22)8-10-20-17(18-2)19-9-7-15-6-4-12-23-15/h4,6,12,14H,3,5,7-11,13H2,1-2H3,(H2,18,19,20). The Morgan fingerprint density at radius 2 is 2.26 bits per heavy atom. The first kappa shape index (κ1) is 17.8. The van der Waals surface area contributed by atoms with Crippen LogP contribution in [0.25, 0.3) is 0 Å². The molecule has 0 radical (unpaired) electrons. The summed E-state index contributed by atoms with van der Waals surface area (Å²) in [6.07, 6.45) is 3.89. The van der Waals surface area contributed by atoms with Gasteiger partial charge in [-0.15, -0.1) is 11.3 Å². The highest BCUT2D eigenvalue weighted by molar-refractivity contribution is 7.09. The van der Waals surface area contributed by atoms with Gasteiger partial charge in [-0.2, -0.15) is 0 Å². The molecular formula is C17H28N4OS. The molecule has 1 amide bonds. The minimum atomic E-state index is 0.248. The Kier molecular flexibility index (Phi) is 7.39. The molecule has 2 N–H and O–H groups in total. The molecule has 2 rings (SSSR count). The Hall–Kier alpha value is -1.56. The second kappa shape index (κ2) is 9.55. The Balaban J connectivity index is 1.62. The molecule has 128 valence electrons. The van der Waals surface area contributed by atoms with Crippen LogP contribution >= 0.6 is 11.3 Å². The number of piperidine rings is 1. The van der Waals surface area contributed by atoms with Crippen molar-refractivity contribution in [2.45, 2.75) is 32.6 Å². The first-order valence-corrected chi connectivity index (χ1v) is 9.31. The summed E-state index contributed by atoms with van der Waals surface area (Å²) >= 11 is 1.77. The van der Waals surface area contributed by atoms with E-state index in [0.29, 0.717) is 18.9 Å². The van der Waals surface area contributed by atoms with Crippen LogP contribution in [0.4, 0.5) is 0 Å². The predicted octanol–water partition coefficient (Wildman–Crippen LogP) is 2.10. The van der Waals surface area contributed by atoms with Gasteiger partial charge in [-0.3, -0.25) is 9.79 Å². The lowest BCUT2D eigenvalue weighted by atomic mass is 10.00. The molecule has 1 fully saturated rings. The number of guanidine groups is 1. The van der Waals surface area contributed by atoms with Crippen LogP contribution in [0.2, 0.25) is 0 Å². The molecule has 5 nitrogen and oxygen atoms in total. The Morgan fingerprint density at radius 1 is 1.43 bits per heavy atom. The number of carbonyl (C=O) groups excluding carboxylic acids is 1. The van der Waals surface area contributed by atoms with Crippen molar-refractivity contribution >= 4 is 23.2 Å². The molecule has 6 heteroatoms. The van der Waals surface area contributed by atoms with Gasteiger partial charge < -0.3 is 15.5 Å². The van der Waals surface area contributed by atoms with Crippen LogP contribution in [0.5, 0.6) is 0 Å². The normalized spacial score (nSPS) is 18.8. The Morgan fingerprint density at radius 3 is 2.96 bits per heavy atom. The van der Waals surface area contributed by atoms with Crippen molar-refractivity contribution < 1.29 is 4.79 Å². The highest BCUT2D eigenvalue weighted by Gasteiger charge is 2.20. The number of thiophene rings is 1. The quantitative estimate of drug-likeness (QED) is 0.618. The lowest BCUT2D eigenvalue weighted by Crippen LogP contribution is -2.42. The van der Waals surface area contributed by atoms with Gasteiger partial charge in [0.15, 0.2) is 5.96 Å². The number of hydrogen-bond acceptors (Lipinski definition) is 3. The maximum absolute atomic E-state index is 12.2. The first-order valence-electron chi connectivity index (χ1n) is 8.43. The van der Waals surface area contributed by atoms with Gasteiger partial charge in [-0.1, -0.05) is 13.0 Å². The van der Waals surface area contributed by atoms with E-state index < -0.39 is 0 Å². The van der Waals surface area contributed by atoms with Gasteiger partial charge in [0.05, 0.1) is 0 Å². The van der Waals surface area contributed by atoms with Gasteiger partial charge in [0, 0.05) is 44.5 Å². The molecule has 1 aromatic heterocycles. The highest BCUT2D eigenvalue weighted by Crippen LogP contribution is 2.15. The number of likely N-dealkylation sites (tertiary alicyclic amines) is 1. The summed E-state index contributed by atoms with van der Waals surface area (Å²) in [5, 5.41) is 8.61. The minimum Gasteiger partial charge on any atom is -0.356 e. The van der Waals surface area contributed by atoms with E-state index in [1.165, 1.54) is 11.3 Å². The smallest absolute Gasteiger partial charge is 0.224 e. The van der Waals surface area contributed by atoms with Gasteiger partial charge in [0.2, 0.25) is 5.91 Å². The Bertz CT molecular complexity index is 501. The third-order valence-corrected chi connectivity index (χ3v) is 5.04. The molecule has 0 saturated carbocycles. The summed E-state index contributed by atoms with van der Waals surface area (Å²) < 4.78 is 0. The van der Waals surface area contributed by atoms with Crippen molar-refractivity contribution in [1.82, 2.24) is 15.5 Å². The van der Waals surface area contributed by atoms with Crippen molar-refractivity contribution in [3.8, 4) is 0 Å². The van der Waals surface area contributed by atoms with Gasteiger partial charge in [0.25, 0.3) is 0 Å². The first-order chi connectivity index (χ1) is 11.2. The third-order valence-electron chi connectivity index (χ3n) is 4.11. The van der Waals surface area contributed by atoms with Crippen molar-refractivity contribution in [1.29, 1.82) is 0 Å². The van der Waals surface area contributed by atoms with E-state index in [4.69, 9.17) is 0 Å². The lowest BCUT2D eigenvalue weighted by Gasteiger charge is -2.31. The summed E-state index contributed by atoms with van der Waals surface area (Å²) in [4.78, 5) is 19.8. The van der Waals surface area contributed by atoms with Crippen LogP contribution in [0.1, 0.15) is 31.1 Å². The van der Waals surface area contributed by atoms with E-state index >= 15 is 0 Å². The number of nitrogens with one attached hydrogen (secondary N) is 2. The van der Waals surface area contributed by atoms with Crippen LogP contribution in [-0.4, -0.2) is 50.0 Å². The predicted molar refractivity (Wildman–Crippen MR) is 97.0 cm³/mol. The van der Waals surface area contributed by atoms with Crippen LogP contribution in [-0.2, 0) is 11.2 Å². The average molecular weight is 337 g/mol. The topological polar surface area (TPSA) is 56.7 Å². The van der Waals surface area contributed by atoms with Crippen LogP contribution in [0.15, 0.2) is 22.5 Å². The molecule has 0 spiro atoms. The number of hydrogen-bond donors (Lipinski definition) is 2. The molecule has 1 atom stereocenters. The zero-order valence-electron chi connectivity index (χ0n) is 14.2. The number of carbonyl (C=O) groups is 1. The van der Waals surface area contributed by atoms with Crippen molar-refractivity contribution in [3.05, 3.63) is 22.4 Å². The minimum absolute atomic E-state index is 0.248. The average Bonchev–Trinajstić information content (AvgIpc) is 3.06. The summed E-state index contributed by atoms with van der Waals surface area (Å²) in [6.45, 7) is 5.51. The number of rotatable bonds is 6. The molecule has 1 aliphatic heterocycles. The van der Waals surface area contributed by atoms with E-state index in [1.54, 1.807) is 18.4 Å². The van der Waals surface area contributed by atoms with Gasteiger partial charge in [-0.05, 0) is 36.6 Å². The molecule has 1 aliphatic rings. The summed E-state index contributed by atoms with van der Waals surface area (Å²) in [5.74, 6) is 1.65. The largest absolute Gasteiger partial charge is 0.356 e. The van der Waals surface area contributed by atoms with E-state index in [9.17, 15) is 4.79 Å². The number of aliphatic imine (C=N–C) groups is 1. The molecule has 0 aliphatic carbocycles. The molecule has 2 heterocycles. The highest BCUT2D eigenvalue weighted by atomic mass is 32.1. The summed E-state index contributed by atoms with van der Waals surface area (Å²) in [5.41, 5.74) is 0. The summed E-state index contributed by atoms with van der Waals surface area (Å²) in [6, 6.07) is 4.21. The second-order valence-electron chi connectivity index (χ2n) is 6.09. The fourth-order valence-electron chi connectivity index (χ4n) is 2.84. The fraction of sp³-hybridized carbons (Fsp3) is 0.647. The Labute approximate surface area is 143 Å². The molecule has 1 saturated heterocycles. The van der Waals surface area contributed by atoms with Crippen molar-refractivity contribution in [2.75, 3.05) is 33.2 Å². The van der Waals surface area contributed by atoms with Crippen LogP contribution in [0.3, 0.4) is 0 Å². The number of nitrogens with zero attached hydrogens (tertiary/aromatic N) is 2. The van der Waals surface area contributed by atoms with Crippen molar-refractivity contribution in [3.63, 3.8) is 0 Å². The molecule has 1 unspecified atom stereocenters. The lowest BCUT2D eigenvalue weighted by molar-refractivity contribution is -0.132. The SMILES string of the molecule is CN=C(NCCC(=O)N1CCCC(C)C1)NCCc1cccs1. The van der Waals surface area contributed by atoms with E-state index in [1.807, 2.05) is 4.90 Å². The molecular weight excluding hydrogens is 308 g/mol. The summed E-state index contributed by atoms with van der Waals surface area (Å²) in [7, 11) is 1.76. The maximum Gasteiger partial charge on any atom is 0.224 e. The van der Waals surface area contributed by atoms with Gasteiger partial charge in [0.1, 0.15) is 0 Å². The van der Waals surface area contributed by atoms with Gasteiger partial charge >= 0.3 is 0 Å².